The Morgan fingerprint density at radius 2 is 1.97 bits per heavy atom. The van der Waals surface area contributed by atoms with E-state index in [4.69, 9.17) is 15.5 Å². The van der Waals surface area contributed by atoms with Gasteiger partial charge in [-0.15, -0.1) is 0 Å². The lowest BCUT2D eigenvalue weighted by molar-refractivity contribution is -0.139. The minimum absolute atomic E-state index is 0.0186. The Morgan fingerprint density at radius 1 is 1.23 bits per heavy atom. The molecule has 5 rings (SSSR count). The van der Waals surface area contributed by atoms with E-state index in [2.05, 4.69) is 30.0 Å². The molecule has 30 heavy (non-hydrogen) atoms. The van der Waals surface area contributed by atoms with E-state index >= 15 is 0 Å². The second kappa shape index (κ2) is 6.85. The molecule has 2 saturated carbocycles. The number of nitrogens with two attached hydrogens (primary N) is 1. The highest BCUT2D eigenvalue weighted by molar-refractivity contribution is 6.08. The summed E-state index contributed by atoms with van der Waals surface area (Å²) in [6, 6.07) is 6.38. The summed E-state index contributed by atoms with van der Waals surface area (Å²) < 4.78 is 5.63. The number of benzene rings is 1. The van der Waals surface area contributed by atoms with Crippen LogP contribution in [0.3, 0.4) is 0 Å². The van der Waals surface area contributed by atoms with Gasteiger partial charge in [-0.05, 0) is 82.1 Å². The van der Waals surface area contributed by atoms with Crippen molar-refractivity contribution in [2.24, 2.45) is 22.1 Å². The molecule has 1 aliphatic heterocycles. The Morgan fingerprint density at radius 3 is 2.57 bits per heavy atom. The molecule has 1 amide bonds. The highest BCUT2D eigenvalue weighted by atomic mass is 16.5. The first kappa shape index (κ1) is 19.6. The Kier molecular flexibility index (Phi) is 4.48. The average Bonchev–Trinajstić information content (AvgIpc) is 3.46. The number of carbonyl (C=O) groups is 1. The minimum Gasteiger partial charge on any atom is -0.381 e. The van der Waals surface area contributed by atoms with Crippen molar-refractivity contribution >= 4 is 11.9 Å². The fraction of sp³-hybridized carbons (Fsp3) is 0.600. The highest BCUT2D eigenvalue weighted by Crippen LogP contribution is 2.62. The number of guanidine groups is 1. The largest absolute Gasteiger partial charge is 0.381 e. The van der Waals surface area contributed by atoms with Crippen molar-refractivity contribution in [2.45, 2.75) is 76.5 Å². The van der Waals surface area contributed by atoms with Gasteiger partial charge in [0.1, 0.15) is 0 Å². The summed E-state index contributed by atoms with van der Waals surface area (Å²) in [6.45, 7) is 4.00. The van der Waals surface area contributed by atoms with E-state index < -0.39 is 5.54 Å². The minimum atomic E-state index is -0.924. The van der Waals surface area contributed by atoms with Gasteiger partial charge in [0, 0.05) is 30.0 Å². The number of aliphatic imine (C=N–C) groups is 1. The van der Waals surface area contributed by atoms with Crippen LogP contribution in [0, 0.1) is 23.2 Å². The van der Waals surface area contributed by atoms with Crippen molar-refractivity contribution in [2.75, 3.05) is 7.11 Å². The number of methoxy groups -OCH3 is 1. The number of fused-ring (bicyclic) bond motifs is 3. The maximum Gasteiger partial charge on any atom is 0.262 e. The van der Waals surface area contributed by atoms with Crippen LogP contribution in [0.25, 0.3) is 0 Å². The third kappa shape index (κ3) is 2.73. The Bertz CT molecular complexity index is 974. The van der Waals surface area contributed by atoms with Crippen molar-refractivity contribution in [1.82, 2.24) is 4.90 Å². The molecule has 4 aliphatic rings. The van der Waals surface area contributed by atoms with E-state index in [0.717, 1.165) is 43.2 Å². The lowest BCUT2D eigenvalue weighted by Crippen LogP contribution is -2.53. The molecule has 158 valence electrons. The van der Waals surface area contributed by atoms with Crippen LogP contribution >= 0.6 is 0 Å². The molecular weight excluding hydrogens is 374 g/mol. The number of carbonyl (C=O) groups excluding carboxylic acids is 1. The maximum absolute atomic E-state index is 14.0. The van der Waals surface area contributed by atoms with Gasteiger partial charge in [-0.1, -0.05) is 17.9 Å². The van der Waals surface area contributed by atoms with E-state index in [-0.39, 0.29) is 23.5 Å². The fourth-order valence-electron chi connectivity index (χ4n) is 5.83. The Labute approximate surface area is 179 Å². The van der Waals surface area contributed by atoms with Crippen LogP contribution in [0.5, 0.6) is 0 Å². The third-order valence-electron chi connectivity index (χ3n) is 7.59. The SMILES string of the molecule is COC1CCC2(CC1)Cc1ccc(C#CC3CC3)cc1C21N=C(N)N(C(C)C)C1=O. The van der Waals surface area contributed by atoms with Crippen molar-refractivity contribution in [3.8, 4) is 11.8 Å². The number of ether oxygens (including phenoxy) is 1. The zero-order valence-corrected chi connectivity index (χ0v) is 18.2. The van der Waals surface area contributed by atoms with E-state index in [0.29, 0.717) is 11.9 Å². The molecule has 3 aliphatic carbocycles. The molecule has 0 aromatic heterocycles. The lowest BCUT2D eigenvalue weighted by Gasteiger charge is -2.45. The zero-order valence-electron chi connectivity index (χ0n) is 18.2. The Hall–Kier alpha value is -2.32. The first-order valence-corrected chi connectivity index (χ1v) is 11.3. The average molecular weight is 406 g/mol. The van der Waals surface area contributed by atoms with Crippen LogP contribution < -0.4 is 5.73 Å². The van der Waals surface area contributed by atoms with Gasteiger partial charge in [-0.25, -0.2) is 4.99 Å². The molecule has 2 N–H and O–H groups in total. The number of rotatable bonds is 2. The summed E-state index contributed by atoms with van der Waals surface area (Å²) in [4.78, 5) is 20.7. The first-order valence-electron chi connectivity index (χ1n) is 11.3. The summed E-state index contributed by atoms with van der Waals surface area (Å²) in [7, 11) is 1.78. The van der Waals surface area contributed by atoms with Crippen LogP contribution in [0.1, 0.15) is 69.1 Å². The van der Waals surface area contributed by atoms with E-state index in [1.165, 1.54) is 18.4 Å². The van der Waals surface area contributed by atoms with Gasteiger partial charge in [0.2, 0.25) is 0 Å². The van der Waals surface area contributed by atoms with E-state index in [1.54, 1.807) is 12.0 Å². The van der Waals surface area contributed by atoms with Crippen LogP contribution in [-0.4, -0.2) is 36.0 Å². The molecule has 0 saturated heterocycles. The number of hydrogen-bond acceptors (Lipinski definition) is 4. The molecule has 0 radical (unpaired) electrons. The summed E-state index contributed by atoms with van der Waals surface area (Å²) in [5, 5.41) is 0. The van der Waals surface area contributed by atoms with Gasteiger partial charge < -0.3 is 10.5 Å². The summed E-state index contributed by atoms with van der Waals surface area (Å²) in [6.07, 6.45) is 7.26. The van der Waals surface area contributed by atoms with Crippen LogP contribution in [0.4, 0.5) is 0 Å². The third-order valence-corrected chi connectivity index (χ3v) is 7.59. The van der Waals surface area contributed by atoms with Crippen LogP contribution in [-0.2, 0) is 21.5 Å². The summed E-state index contributed by atoms with van der Waals surface area (Å²) >= 11 is 0. The quantitative estimate of drug-likeness (QED) is 0.768. The van der Waals surface area contributed by atoms with Gasteiger partial charge in [0.25, 0.3) is 5.91 Å². The molecule has 5 nitrogen and oxygen atoms in total. The highest BCUT2D eigenvalue weighted by Gasteiger charge is 2.66. The van der Waals surface area contributed by atoms with Crippen LogP contribution in [0.15, 0.2) is 23.2 Å². The molecule has 1 aromatic carbocycles. The molecule has 5 heteroatoms. The topological polar surface area (TPSA) is 67.9 Å². The summed E-state index contributed by atoms with van der Waals surface area (Å²) in [5.74, 6) is 7.62. The molecular formula is C25H31N3O2. The predicted octanol–water partition coefficient (Wildman–Crippen LogP) is 3.34. The van der Waals surface area contributed by atoms with Gasteiger partial charge in [0.15, 0.2) is 11.5 Å². The first-order chi connectivity index (χ1) is 14.4. The van der Waals surface area contributed by atoms with Crippen molar-refractivity contribution < 1.29 is 9.53 Å². The van der Waals surface area contributed by atoms with Crippen molar-refractivity contribution in [3.63, 3.8) is 0 Å². The van der Waals surface area contributed by atoms with E-state index in [9.17, 15) is 4.79 Å². The molecule has 1 heterocycles. The van der Waals surface area contributed by atoms with Gasteiger partial charge in [0.05, 0.1) is 6.10 Å². The van der Waals surface area contributed by atoms with E-state index in [1.807, 2.05) is 13.8 Å². The second-order valence-corrected chi connectivity index (χ2v) is 9.76. The molecule has 1 unspecified atom stereocenters. The fourth-order valence-corrected chi connectivity index (χ4v) is 5.83. The van der Waals surface area contributed by atoms with Crippen molar-refractivity contribution in [1.29, 1.82) is 0 Å². The van der Waals surface area contributed by atoms with Crippen LogP contribution in [0.2, 0.25) is 0 Å². The number of hydrogen-bond donors (Lipinski definition) is 1. The lowest BCUT2D eigenvalue weighted by atomic mass is 9.61. The monoisotopic (exact) mass is 405 g/mol. The standard InChI is InChI=1S/C25H31N3O2/c1-16(2)28-22(29)25(27-23(28)26)21-14-18(7-6-17-4-5-17)8-9-19(21)15-24(25)12-10-20(30-3)11-13-24/h8-9,14,16-17,20H,4-5,10-13,15H2,1-3H3,(H2,26,27). The smallest absolute Gasteiger partial charge is 0.262 e. The maximum atomic E-state index is 14.0. The van der Waals surface area contributed by atoms with Gasteiger partial charge >= 0.3 is 0 Å². The summed E-state index contributed by atoms with van der Waals surface area (Å²) in [5.41, 5.74) is 8.44. The Balaban J connectivity index is 1.64. The van der Waals surface area contributed by atoms with Gasteiger partial charge in [-0.3, -0.25) is 9.69 Å². The molecule has 0 bridgehead atoms. The normalized spacial score (nSPS) is 32.5. The predicted molar refractivity (Wildman–Crippen MR) is 117 cm³/mol. The molecule has 1 atom stereocenters. The molecule has 1 aromatic rings. The van der Waals surface area contributed by atoms with Crippen molar-refractivity contribution in [3.05, 3.63) is 34.9 Å². The van der Waals surface area contributed by atoms with Gasteiger partial charge in [-0.2, -0.15) is 0 Å². The number of amides is 1. The zero-order chi connectivity index (χ0) is 21.1. The molecule has 2 fully saturated rings. The number of nitrogens with zero attached hydrogens (tertiary/aromatic N) is 2. The molecule has 2 spiro atoms. The second-order valence-electron chi connectivity index (χ2n) is 9.76.